The van der Waals surface area contributed by atoms with Crippen LogP contribution in [-0.2, 0) is 9.47 Å². The number of halogens is 2. The molecule has 0 saturated carbocycles. The molecule has 0 saturated heterocycles. The van der Waals surface area contributed by atoms with E-state index in [0.717, 1.165) is 10.2 Å². The lowest BCUT2D eigenvalue weighted by Gasteiger charge is -2.15. The Labute approximate surface area is 103 Å². The number of methoxy groups -OCH3 is 2. The topological polar surface area (TPSA) is 30.5 Å². The summed E-state index contributed by atoms with van der Waals surface area (Å²) in [7, 11) is 3.20. The minimum Gasteiger partial charge on any atom is -0.379 e. The van der Waals surface area contributed by atoms with Gasteiger partial charge in [-0.15, -0.1) is 0 Å². The van der Waals surface area contributed by atoms with Crippen LogP contribution in [0.1, 0.15) is 0 Å². The molecule has 15 heavy (non-hydrogen) atoms. The van der Waals surface area contributed by atoms with Gasteiger partial charge in [0.2, 0.25) is 0 Å². The van der Waals surface area contributed by atoms with Gasteiger partial charge in [0.1, 0.15) is 0 Å². The van der Waals surface area contributed by atoms with Crippen molar-refractivity contribution in [2.75, 3.05) is 26.1 Å². The molecule has 1 N–H and O–H groups in total. The first-order valence-corrected chi connectivity index (χ1v) is 5.59. The highest BCUT2D eigenvalue weighted by Crippen LogP contribution is 2.25. The molecule has 5 heteroatoms. The van der Waals surface area contributed by atoms with Crippen LogP contribution in [0, 0.1) is 0 Å². The fraction of sp³-hybridized carbons (Fsp3) is 0.400. The molecule has 3 nitrogen and oxygen atoms in total. The van der Waals surface area contributed by atoms with Gasteiger partial charge in [0.15, 0.2) is 6.29 Å². The van der Waals surface area contributed by atoms with Crippen LogP contribution >= 0.6 is 27.5 Å². The third-order valence-electron chi connectivity index (χ3n) is 1.91. The molecular weight excluding hydrogens is 281 g/mol. The molecule has 0 radical (unpaired) electrons. The van der Waals surface area contributed by atoms with Crippen LogP contribution in [-0.4, -0.2) is 27.1 Å². The molecule has 1 rings (SSSR count). The number of nitrogens with one attached hydrogen (secondary N) is 1. The molecule has 0 aromatic heterocycles. The molecule has 0 unspecified atom stereocenters. The average molecular weight is 295 g/mol. The van der Waals surface area contributed by atoms with Gasteiger partial charge < -0.3 is 14.8 Å². The summed E-state index contributed by atoms with van der Waals surface area (Å²) in [5, 5.41) is 3.86. The number of ether oxygens (including phenoxy) is 2. The van der Waals surface area contributed by atoms with Gasteiger partial charge in [0.25, 0.3) is 0 Å². The summed E-state index contributed by atoms with van der Waals surface area (Å²) in [4.78, 5) is 0. The minimum absolute atomic E-state index is 0.268. The van der Waals surface area contributed by atoms with Gasteiger partial charge in [-0.05, 0) is 34.1 Å². The van der Waals surface area contributed by atoms with Crippen LogP contribution in [0.3, 0.4) is 0 Å². The first-order chi connectivity index (χ1) is 7.17. The van der Waals surface area contributed by atoms with Gasteiger partial charge in [0, 0.05) is 23.7 Å². The number of anilines is 1. The van der Waals surface area contributed by atoms with Crippen molar-refractivity contribution in [2.24, 2.45) is 0 Å². The highest BCUT2D eigenvalue weighted by molar-refractivity contribution is 9.10. The minimum atomic E-state index is -0.268. The Balaban J connectivity index is 2.60. The summed E-state index contributed by atoms with van der Waals surface area (Å²) in [6.07, 6.45) is -0.268. The largest absolute Gasteiger partial charge is 0.379 e. The molecule has 0 amide bonds. The molecule has 0 atom stereocenters. The normalized spacial score (nSPS) is 10.7. The number of hydrogen-bond donors (Lipinski definition) is 1. The number of rotatable bonds is 5. The Morgan fingerprint density at radius 2 is 2.07 bits per heavy atom. The molecule has 0 aliphatic rings. The second-order valence-electron chi connectivity index (χ2n) is 2.91. The van der Waals surface area contributed by atoms with Crippen molar-refractivity contribution < 1.29 is 9.47 Å². The molecule has 1 aromatic carbocycles. The van der Waals surface area contributed by atoms with Gasteiger partial charge in [-0.2, -0.15) is 0 Å². The fourth-order valence-electron chi connectivity index (χ4n) is 1.09. The van der Waals surface area contributed by atoms with E-state index < -0.39 is 0 Å². The number of hydrogen-bond acceptors (Lipinski definition) is 3. The second kappa shape index (κ2) is 6.33. The zero-order valence-corrected chi connectivity index (χ0v) is 10.9. The molecule has 0 bridgehead atoms. The monoisotopic (exact) mass is 293 g/mol. The quantitative estimate of drug-likeness (QED) is 0.846. The molecule has 0 aliphatic heterocycles. The third kappa shape index (κ3) is 3.99. The number of benzene rings is 1. The van der Waals surface area contributed by atoms with E-state index in [1.54, 1.807) is 14.2 Å². The summed E-state index contributed by atoms with van der Waals surface area (Å²) in [5.74, 6) is 0. The van der Waals surface area contributed by atoms with Gasteiger partial charge >= 0.3 is 0 Å². The first kappa shape index (κ1) is 12.8. The predicted octanol–water partition coefficient (Wildman–Crippen LogP) is 3.13. The van der Waals surface area contributed by atoms with Crippen molar-refractivity contribution in [3.8, 4) is 0 Å². The Hall–Kier alpha value is -0.290. The van der Waals surface area contributed by atoms with E-state index in [2.05, 4.69) is 21.2 Å². The maximum absolute atomic E-state index is 5.88. The van der Waals surface area contributed by atoms with Crippen LogP contribution in [0.2, 0.25) is 5.02 Å². The van der Waals surface area contributed by atoms with E-state index in [-0.39, 0.29) is 6.29 Å². The Morgan fingerprint density at radius 3 is 2.67 bits per heavy atom. The maximum Gasteiger partial charge on any atom is 0.173 e. The van der Waals surface area contributed by atoms with Gasteiger partial charge in [-0.1, -0.05) is 11.6 Å². The van der Waals surface area contributed by atoms with E-state index in [0.29, 0.717) is 11.6 Å². The first-order valence-electron chi connectivity index (χ1n) is 4.42. The van der Waals surface area contributed by atoms with Gasteiger partial charge in [-0.3, -0.25) is 0 Å². The molecule has 0 fully saturated rings. The average Bonchev–Trinajstić information content (AvgIpc) is 2.24. The standard InChI is InChI=1S/C10H13BrClNO2/c1-14-10(15-2)6-13-9-5-7(12)3-4-8(9)11/h3-5,10,13H,6H2,1-2H3. The Kier molecular flexibility index (Phi) is 5.39. The molecule has 0 aliphatic carbocycles. The van der Waals surface area contributed by atoms with Crippen LogP contribution < -0.4 is 5.32 Å². The highest BCUT2D eigenvalue weighted by Gasteiger charge is 2.06. The molecule has 84 valence electrons. The Morgan fingerprint density at radius 1 is 1.40 bits per heavy atom. The lowest BCUT2D eigenvalue weighted by molar-refractivity contribution is -0.0914. The van der Waals surface area contributed by atoms with Crippen LogP contribution in [0.15, 0.2) is 22.7 Å². The zero-order valence-electron chi connectivity index (χ0n) is 8.59. The van der Waals surface area contributed by atoms with Crippen molar-refractivity contribution in [2.45, 2.75) is 6.29 Å². The summed E-state index contributed by atoms with van der Waals surface area (Å²) in [6, 6.07) is 5.55. The third-order valence-corrected chi connectivity index (χ3v) is 2.84. The van der Waals surface area contributed by atoms with Gasteiger partial charge in [0.05, 0.1) is 12.2 Å². The van der Waals surface area contributed by atoms with Crippen LogP contribution in [0.4, 0.5) is 5.69 Å². The van der Waals surface area contributed by atoms with Crippen molar-refractivity contribution in [3.05, 3.63) is 27.7 Å². The summed E-state index contributed by atoms with van der Waals surface area (Å²) < 4.78 is 11.1. The maximum atomic E-state index is 5.88. The summed E-state index contributed by atoms with van der Waals surface area (Å²) >= 11 is 9.30. The van der Waals surface area contributed by atoms with Crippen molar-refractivity contribution >= 4 is 33.2 Å². The van der Waals surface area contributed by atoms with Crippen molar-refractivity contribution in [3.63, 3.8) is 0 Å². The predicted molar refractivity (Wildman–Crippen MR) is 65.4 cm³/mol. The van der Waals surface area contributed by atoms with Gasteiger partial charge in [-0.25, -0.2) is 0 Å². The zero-order chi connectivity index (χ0) is 11.3. The molecule has 1 aromatic rings. The van der Waals surface area contributed by atoms with E-state index in [9.17, 15) is 0 Å². The fourth-order valence-corrected chi connectivity index (χ4v) is 1.65. The smallest absolute Gasteiger partial charge is 0.173 e. The van der Waals surface area contributed by atoms with Crippen molar-refractivity contribution in [1.29, 1.82) is 0 Å². The van der Waals surface area contributed by atoms with Crippen molar-refractivity contribution in [1.82, 2.24) is 0 Å². The lowest BCUT2D eigenvalue weighted by Crippen LogP contribution is -2.23. The molecular formula is C10H13BrClNO2. The molecule has 0 spiro atoms. The highest BCUT2D eigenvalue weighted by atomic mass is 79.9. The van der Waals surface area contributed by atoms with E-state index in [1.165, 1.54) is 0 Å². The Bertz CT molecular complexity index is 318. The lowest BCUT2D eigenvalue weighted by atomic mass is 10.3. The summed E-state index contributed by atoms with van der Waals surface area (Å²) in [5.41, 5.74) is 0.918. The van der Waals surface area contributed by atoms with Crippen LogP contribution in [0.25, 0.3) is 0 Å². The SMILES string of the molecule is COC(CNc1cc(Cl)ccc1Br)OC. The molecule has 0 heterocycles. The van der Waals surface area contributed by atoms with E-state index >= 15 is 0 Å². The van der Waals surface area contributed by atoms with E-state index in [1.807, 2.05) is 18.2 Å². The van der Waals surface area contributed by atoms with Crippen LogP contribution in [0.5, 0.6) is 0 Å². The second-order valence-corrected chi connectivity index (χ2v) is 4.20. The summed E-state index contributed by atoms with van der Waals surface area (Å²) in [6.45, 7) is 0.561. The van der Waals surface area contributed by atoms with E-state index in [4.69, 9.17) is 21.1 Å².